The molecule has 0 aromatic rings. The fourth-order valence-corrected chi connectivity index (χ4v) is 3.80. The summed E-state index contributed by atoms with van der Waals surface area (Å²) >= 11 is 1.84. The zero-order valence-corrected chi connectivity index (χ0v) is 18.0. The van der Waals surface area contributed by atoms with Gasteiger partial charge in [-0.05, 0) is 38.4 Å². The Morgan fingerprint density at radius 1 is 1.11 bits per heavy atom. The van der Waals surface area contributed by atoms with Crippen LogP contribution in [0.15, 0.2) is 0 Å². The Kier molecular flexibility index (Phi) is 11.4. The van der Waals surface area contributed by atoms with E-state index in [0.717, 1.165) is 25.7 Å². The van der Waals surface area contributed by atoms with Gasteiger partial charge in [0.2, 0.25) is 5.91 Å². The van der Waals surface area contributed by atoms with E-state index >= 15 is 0 Å². The minimum atomic E-state index is -3.37. The van der Waals surface area contributed by atoms with E-state index in [2.05, 4.69) is 16.9 Å². The third kappa shape index (κ3) is 13.1. The van der Waals surface area contributed by atoms with Crippen molar-refractivity contribution >= 4 is 31.4 Å². The lowest BCUT2D eigenvalue weighted by atomic mass is 10.2. The number of rotatable bonds is 15. The third-order valence-corrected chi connectivity index (χ3v) is 6.52. The molecule has 0 bridgehead atoms. The Balaban J connectivity index is 1.87. The van der Waals surface area contributed by atoms with Crippen LogP contribution in [0.1, 0.15) is 51.4 Å². The molecule has 2 amide bonds. The molecule has 1 unspecified atom stereocenters. The number of nitrogens with one attached hydrogen (secondary N) is 2. The highest BCUT2D eigenvalue weighted by Gasteiger charge is 2.41. The zero-order valence-electron chi connectivity index (χ0n) is 16.3. The molecule has 0 radical (unpaired) electrons. The first-order valence-corrected chi connectivity index (χ1v) is 12.7. The number of ether oxygens (including phenoxy) is 1. The monoisotopic (exact) mass is 424 g/mol. The van der Waals surface area contributed by atoms with Crippen LogP contribution in [0.4, 0.5) is 4.79 Å². The van der Waals surface area contributed by atoms with Crippen LogP contribution in [-0.4, -0.2) is 60.9 Å². The molecule has 8 nitrogen and oxygen atoms in total. The van der Waals surface area contributed by atoms with Crippen LogP contribution in [0.5, 0.6) is 0 Å². The number of hydrogen-bond acceptors (Lipinski definition) is 6. The number of alkyl carbamates (subject to hydrolysis) is 1. The van der Waals surface area contributed by atoms with Gasteiger partial charge in [0.1, 0.15) is 6.61 Å². The highest BCUT2D eigenvalue weighted by molar-refractivity contribution is 8.00. The van der Waals surface area contributed by atoms with Crippen LogP contribution in [0.25, 0.3) is 0 Å². The molecule has 1 saturated carbocycles. The summed E-state index contributed by atoms with van der Waals surface area (Å²) in [6.07, 6.45) is 8.68. The molecule has 0 aliphatic heterocycles. The van der Waals surface area contributed by atoms with Crippen molar-refractivity contribution in [3.05, 3.63) is 0 Å². The zero-order chi connectivity index (χ0) is 20.2. The fraction of sp³-hybridized carbons (Fsp3) is 0.882. The van der Waals surface area contributed by atoms with Crippen LogP contribution < -0.4 is 10.6 Å². The van der Waals surface area contributed by atoms with Crippen molar-refractivity contribution < 1.29 is 28.3 Å². The van der Waals surface area contributed by atoms with Gasteiger partial charge in [0.05, 0.1) is 13.2 Å². The van der Waals surface area contributed by atoms with Crippen molar-refractivity contribution in [3.63, 3.8) is 0 Å². The normalized spacial score (nSPS) is 17.0. The summed E-state index contributed by atoms with van der Waals surface area (Å²) in [4.78, 5) is 32.2. The van der Waals surface area contributed by atoms with Gasteiger partial charge in [0.15, 0.2) is 0 Å². The maximum Gasteiger partial charge on any atom is 0.407 e. The van der Waals surface area contributed by atoms with E-state index in [1.54, 1.807) is 0 Å². The number of unbranched alkanes of at least 4 members (excludes halogenated alkanes) is 3. The average Bonchev–Trinajstić information content (AvgIpc) is 3.39. The second-order valence-electron chi connectivity index (χ2n) is 6.85. The van der Waals surface area contributed by atoms with Gasteiger partial charge >= 0.3 is 13.7 Å². The van der Waals surface area contributed by atoms with Gasteiger partial charge in [-0.3, -0.25) is 9.36 Å². The van der Waals surface area contributed by atoms with Crippen molar-refractivity contribution in [2.75, 3.05) is 39.2 Å². The third-order valence-electron chi connectivity index (χ3n) is 4.38. The Hall–Kier alpha value is -0.760. The number of carbonyl (C=O) groups excluding carboxylic acids is 2. The molecule has 1 rings (SSSR count). The van der Waals surface area contributed by atoms with Crippen LogP contribution in [0, 0.1) is 0 Å². The summed E-state index contributed by atoms with van der Waals surface area (Å²) in [7, 11) is -3.37. The van der Waals surface area contributed by atoms with Gasteiger partial charge in [0.25, 0.3) is 0 Å². The molecule has 1 aliphatic rings. The fourth-order valence-electron chi connectivity index (χ4n) is 2.52. The predicted molar refractivity (Wildman–Crippen MR) is 107 cm³/mol. The molecule has 0 spiro atoms. The van der Waals surface area contributed by atoms with Crippen LogP contribution in [0.3, 0.4) is 0 Å². The van der Waals surface area contributed by atoms with Gasteiger partial charge in [-0.2, -0.15) is 11.8 Å². The Labute approximate surface area is 166 Å². The van der Waals surface area contributed by atoms with E-state index in [1.807, 2.05) is 11.8 Å². The lowest BCUT2D eigenvalue weighted by molar-refractivity contribution is -0.121. The smallest absolute Gasteiger partial charge is 0.407 e. The molecular weight excluding hydrogens is 391 g/mol. The highest BCUT2D eigenvalue weighted by Crippen LogP contribution is 2.50. The van der Waals surface area contributed by atoms with E-state index in [9.17, 15) is 14.2 Å². The van der Waals surface area contributed by atoms with Crippen molar-refractivity contribution in [3.8, 4) is 0 Å². The number of thioether (sulfide) groups is 1. The average molecular weight is 425 g/mol. The Bertz CT molecular complexity index is 510. The van der Waals surface area contributed by atoms with Crippen molar-refractivity contribution in [1.29, 1.82) is 0 Å². The van der Waals surface area contributed by atoms with E-state index in [4.69, 9.17) is 14.2 Å². The molecule has 3 N–H and O–H groups in total. The molecule has 158 valence electrons. The molecule has 0 aromatic carbocycles. The topological polar surface area (TPSA) is 114 Å². The molecule has 0 heterocycles. The van der Waals surface area contributed by atoms with Crippen molar-refractivity contribution in [2.24, 2.45) is 0 Å². The second kappa shape index (κ2) is 12.6. The maximum absolute atomic E-state index is 11.7. The standard InChI is InChI=1S/C17H33N2O6PS/c1-26(22,23)25-13-6-4-3-5-11-19-16(21)24-14-12-18-15(20)7-8-17(27-2)9-10-17/h3-14H2,1-2H3,(H,18,20)(H,19,21)(H,22,23). The van der Waals surface area contributed by atoms with Gasteiger partial charge in [-0.15, -0.1) is 0 Å². The first-order valence-electron chi connectivity index (χ1n) is 9.44. The lowest BCUT2D eigenvalue weighted by Crippen LogP contribution is -2.31. The Morgan fingerprint density at radius 3 is 2.44 bits per heavy atom. The van der Waals surface area contributed by atoms with Gasteiger partial charge in [0, 0.05) is 24.4 Å². The molecule has 1 aliphatic carbocycles. The first-order chi connectivity index (χ1) is 12.8. The Morgan fingerprint density at radius 2 is 1.81 bits per heavy atom. The van der Waals surface area contributed by atoms with E-state index in [1.165, 1.54) is 19.5 Å². The molecular formula is C17H33N2O6PS. The molecule has 10 heteroatoms. The van der Waals surface area contributed by atoms with E-state index in [0.29, 0.717) is 30.7 Å². The second-order valence-corrected chi connectivity index (χ2v) is 9.99. The largest absolute Gasteiger partial charge is 0.448 e. The van der Waals surface area contributed by atoms with Gasteiger partial charge < -0.3 is 24.8 Å². The molecule has 27 heavy (non-hydrogen) atoms. The van der Waals surface area contributed by atoms with Crippen LogP contribution in [0.2, 0.25) is 0 Å². The summed E-state index contributed by atoms with van der Waals surface area (Å²) in [6.45, 7) is 2.42. The van der Waals surface area contributed by atoms with Crippen molar-refractivity contribution in [1.82, 2.24) is 10.6 Å². The quantitative estimate of drug-likeness (QED) is 0.274. The summed E-state index contributed by atoms with van der Waals surface area (Å²) in [5, 5.41) is 5.42. The first kappa shape index (κ1) is 24.3. The molecule has 1 atom stereocenters. The van der Waals surface area contributed by atoms with E-state index in [-0.39, 0.29) is 19.1 Å². The number of hydrogen-bond donors (Lipinski definition) is 3. The number of carbonyl (C=O) groups is 2. The van der Waals surface area contributed by atoms with Crippen LogP contribution >= 0.6 is 19.4 Å². The van der Waals surface area contributed by atoms with Gasteiger partial charge in [-0.25, -0.2) is 4.79 Å². The summed E-state index contributed by atoms with van der Waals surface area (Å²) in [5.74, 6) is 0.00365. The minimum absolute atomic E-state index is 0.00365. The van der Waals surface area contributed by atoms with Crippen molar-refractivity contribution in [2.45, 2.75) is 56.1 Å². The highest BCUT2D eigenvalue weighted by atomic mass is 32.2. The maximum atomic E-state index is 11.7. The molecule has 0 aromatic heterocycles. The predicted octanol–water partition coefficient (Wildman–Crippen LogP) is 2.90. The van der Waals surface area contributed by atoms with Gasteiger partial charge in [-0.1, -0.05) is 12.8 Å². The van der Waals surface area contributed by atoms with E-state index < -0.39 is 13.7 Å². The number of amides is 2. The summed E-state index contributed by atoms with van der Waals surface area (Å²) in [6, 6.07) is 0. The summed E-state index contributed by atoms with van der Waals surface area (Å²) < 4.78 is 21.0. The SMILES string of the molecule is CSC1(CCC(=O)NCCOC(=O)NCCCCCCOP(C)(=O)O)CC1. The minimum Gasteiger partial charge on any atom is -0.448 e. The van der Waals surface area contributed by atoms with Crippen LogP contribution in [-0.2, 0) is 18.6 Å². The lowest BCUT2D eigenvalue weighted by Gasteiger charge is -2.11. The summed E-state index contributed by atoms with van der Waals surface area (Å²) in [5.41, 5.74) is 0. The molecule has 0 saturated heterocycles. The molecule has 1 fully saturated rings.